The molecular weight excluding hydrogens is 452 g/mol. The number of aliphatic hydroxyl groups is 1. The van der Waals surface area contributed by atoms with Gasteiger partial charge in [-0.1, -0.05) is 35.9 Å². The quantitative estimate of drug-likeness (QED) is 0.308. The molecule has 1 aliphatic heterocycles. The standard InChI is InChI=1S/C25H18ClF2NO4/c1-13-5-3-4-6-16(13)22-21(23(30)17-11-14(26)7-10-20(17)33-2)24(31)25(32)29(22)15-8-9-18(27)19(28)12-15/h3-12,22,30H,1-2H3/b23-21+. The summed E-state index contributed by atoms with van der Waals surface area (Å²) in [5.41, 5.74) is 1.12. The van der Waals surface area contributed by atoms with Crippen LogP contribution in [0.2, 0.25) is 5.02 Å². The Labute approximate surface area is 193 Å². The number of Topliss-reactive ketones (excluding diaryl/α,β-unsaturated/α-hetero) is 1. The molecule has 168 valence electrons. The van der Waals surface area contributed by atoms with Crippen molar-refractivity contribution in [1.82, 2.24) is 0 Å². The van der Waals surface area contributed by atoms with E-state index in [-0.39, 0.29) is 27.6 Å². The van der Waals surface area contributed by atoms with Gasteiger partial charge in [0.1, 0.15) is 11.5 Å². The zero-order valence-electron chi connectivity index (χ0n) is 17.6. The number of methoxy groups -OCH3 is 1. The predicted molar refractivity (Wildman–Crippen MR) is 120 cm³/mol. The topological polar surface area (TPSA) is 66.8 Å². The van der Waals surface area contributed by atoms with E-state index < -0.39 is 35.1 Å². The minimum atomic E-state index is -1.17. The molecule has 1 aliphatic rings. The number of nitrogens with zero attached hydrogens (tertiary/aromatic N) is 1. The van der Waals surface area contributed by atoms with Crippen LogP contribution < -0.4 is 9.64 Å². The number of aryl methyl sites for hydroxylation is 1. The number of halogens is 3. The molecule has 3 aromatic rings. The van der Waals surface area contributed by atoms with Crippen LogP contribution in [-0.2, 0) is 9.59 Å². The van der Waals surface area contributed by atoms with Crippen LogP contribution in [0.25, 0.3) is 5.76 Å². The van der Waals surface area contributed by atoms with Gasteiger partial charge in [-0.15, -0.1) is 0 Å². The SMILES string of the molecule is COc1ccc(Cl)cc1/C(O)=C1\C(=O)C(=O)N(c2ccc(F)c(F)c2)C1c1ccccc1C. The Bertz CT molecular complexity index is 1320. The summed E-state index contributed by atoms with van der Waals surface area (Å²) in [6.45, 7) is 1.78. The lowest BCUT2D eigenvalue weighted by Crippen LogP contribution is -2.30. The third-order valence-electron chi connectivity index (χ3n) is 5.53. The molecule has 33 heavy (non-hydrogen) atoms. The number of amides is 1. The minimum Gasteiger partial charge on any atom is -0.507 e. The van der Waals surface area contributed by atoms with Crippen LogP contribution in [0.4, 0.5) is 14.5 Å². The number of ketones is 1. The maximum Gasteiger partial charge on any atom is 0.300 e. The highest BCUT2D eigenvalue weighted by atomic mass is 35.5. The molecule has 0 spiro atoms. The number of ether oxygens (including phenoxy) is 1. The van der Waals surface area contributed by atoms with E-state index in [1.807, 2.05) is 0 Å². The summed E-state index contributed by atoms with van der Waals surface area (Å²) in [5, 5.41) is 11.5. The zero-order valence-corrected chi connectivity index (χ0v) is 18.4. The Balaban J connectivity index is 2.02. The van der Waals surface area contributed by atoms with Crippen molar-refractivity contribution >= 4 is 34.7 Å². The molecule has 0 aliphatic carbocycles. The molecule has 3 aromatic carbocycles. The van der Waals surface area contributed by atoms with Crippen LogP contribution in [-0.4, -0.2) is 23.9 Å². The van der Waals surface area contributed by atoms with Gasteiger partial charge in [0.25, 0.3) is 11.7 Å². The Morgan fingerprint density at radius 3 is 2.42 bits per heavy atom. The van der Waals surface area contributed by atoms with Crippen LogP contribution >= 0.6 is 11.6 Å². The van der Waals surface area contributed by atoms with Crippen LogP contribution in [0.5, 0.6) is 5.75 Å². The van der Waals surface area contributed by atoms with Crippen molar-refractivity contribution in [3.63, 3.8) is 0 Å². The van der Waals surface area contributed by atoms with Crippen molar-refractivity contribution in [3.05, 3.63) is 99.6 Å². The third-order valence-corrected chi connectivity index (χ3v) is 5.76. The highest BCUT2D eigenvalue weighted by molar-refractivity contribution is 6.51. The normalized spacial score (nSPS) is 17.5. The Kier molecular flexibility index (Phi) is 5.91. The predicted octanol–water partition coefficient (Wildman–Crippen LogP) is 5.56. The highest BCUT2D eigenvalue weighted by Crippen LogP contribution is 2.44. The zero-order chi connectivity index (χ0) is 23.9. The second kappa shape index (κ2) is 8.67. The first-order chi connectivity index (χ1) is 15.7. The first-order valence-corrected chi connectivity index (χ1v) is 10.3. The molecule has 1 heterocycles. The van der Waals surface area contributed by atoms with Gasteiger partial charge >= 0.3 is 0 Å². The molecule has 0 bridgehead atoms. The molecular formula is C25H18ClF2NO4. The lowest BCUT2D eigenvalue weighted by atomic mass is 9.92. The molecule has 1 fully saturated rings. The average Bonchev–Trinajstić information content (AvgIpc) is 3.06. The number of carbonyl (C=O) groups is 2. The molecule has 8 heteroatoms. The van der Waals surface area contributed by atoms with Gasteiger partial charge in [-0.3, -0.25) is 14.5 Å². The number of benzene rings is 3. The van der Waals surface area contributed by atoms with E-state index in [9.17, 15) is 23.5 Å². The van der Waals surface area contributed by atoms with Gasteiger partial charge in [0, 0.05) is 16.8 Å². The van der Waals surface area contributed by atoms with Gasteiger partial charge in [0.15, 0.2) is 11.6 Å². The second-order valence-corrected chi connectivity index (χ2v) is 7.91. The van der Waals surface area contributed by atoms with Gasteiger partial charge in [-0.25, -0.2) is 8.78 Å². The number of anilines is 1. The van der Waals surface area contributed by atoms with Gasteiger partial charge in [-0.05, 0) is 48.4 Å². The van der Waals surface area contributed by atoms with E-state index in [1.54, 1.807) is 37.3 Å². The molecule has 5 nitrogen and oxygen atoms in total. The van der Waals surface area contributed by atoms with E-state index in [1.165, 1.54) is 25.3 Å². The summed E-state index contributed by atoms with van der Waals surface area (Å²) in [6.07, 6.45) is 0. The Morgan fingerprint density at radius 1 is 1.03 bits per heavy atom. The van der Waals surface area contributed by atoms with E-state index in [0.29, 0.717) is 5.56 Å². The van der Waals surface area contributed by atoms with Crippen molar-refractivity contribution in [2.24, 2.45) is 0 Å². The lowest BCUT2D eigenvalue weighted by molar-refractivity contribution is -0.132. The number of hydrogen-bond acceptors (Lipinski definition) is 4. The number of aliphatic hydroxyl groups excluding tert-OH is 1. The first kappa shape index (κ1) is 22.5. The van der Waals surface area contributed by atoms with Gasteiger partial charge in [0.05, 0.1) is 24.3 Å². The number of rotatable bonds is 4. The van der Waals surface area contributed by atoms with Crippen LogP contribution in [0.3, 0.4) is 0 Å². The smallest absolute Gasteiger partial charge is 0.300 e. The fourth-order valence-electron chi connectivity index (χ4n) is 3.93. The summed E-state index contributed by atoms with van der Waals surface area (Å²) < 4.78 is 32.9. The monoisotopic (exact) mass is 469 g/mol. The van der Waals surface area contributed by atoms with Crippen LogP contribution in [0.1, 0.15) is 22.7 Å². The fraction of sp³-hybridized carbons (Fsp3) is 0.120. The molecule has 1 amide bonds. The van der Waals surface area contributed by atoms with Gasteiger partial charge in [-0.2, -0.15) is 0 Å². The van der Waals surface area contributed by atoms with Crippen molar-refractivity contribution in [2.75, 3.05) is 12.0 Å². The maximum absolute atomic E-state index is 14.0. The Hall–Kier alpha value is -3.71. The average molecular weight is 470 g/mol. The fourth-order valence-corrected chi connectivity index (χ4v) is 4.10. The van der Waals surface area contributed by atoms with Crippen molar-refractivity contribution in [3.8, 4) is 5.75 Å². The molecule has 0 saturated carbocycles. The third kappa shape index (κ3) is 3.85. The van der Waals surface area contributed by atoms with Gasteiger partial charge < -0.3 is 9.84 Å². The molecule has 0 aromatic heterocycles. The summed E-state index contributed by atoms with van der Waals surface area (Å²) in [5.74, 6) is -4.49. The lowest BCUT2D eigenvalue weighted by Gasteiger charge is -2.26. The largest absolute Gasteiger partial charge is 0.507 e. The van der Waals surface area contributed by atoms with E-state index in [4.69, 9.17) is 16.3 Å². The molecule has 1 atom stereocenters. The summed E-state index contributed by atoms with van der Waals surface area (Å²) in [7, 11) is 1.39. The van der Waals surface area contributed by atoms with Crippen molar-refractivity contribution in [2.45, 2.75) is 13.0 Å². The molecule has 0 radical (unpaired) electrons. The maximum atomic E-state index is 14.0. The van der Waals surface area contributed by atoms with Crippen LogP contribution in [0, 0.1) is 18.6 Å². The van der Waals surface area contributed by atoms with E-state index in [0.717, 1.165) is 22.6 Å². The summed E-state index contributed by atoms with van der Waals surface area (Å²) in [6, 6.07) is 13.3. The minimum absolute atomic E-state index is 0.0265. The molecule has 4 rings (SSSR count). The van der Waals surface area contributed by atoms with Crippen molar-refractivity contribution < 1.29 is 28.2 Å². The molecule has 1 saturated heterocycles. The summed E-state index contributed by atoms with van der Waals surface area (Å²) in [4.78, 5) is 27.4. The van der Waals surface area contributed by atoms with Gasteiger partial charge in [0.2, 0.25) is 0 Å². The molecule has 1 unspecified atom stereocenters. The molecule has 1 N–H and O–H groups in total. The van der Waals surface area contributed by atoms with Crippen LogP contribution in [0.15, 0.2) is 66.2 Å². The van der Waals surface area contributed by atoms with E-state index in [2.05, 4.69) is 0 Å². The summed E-state index contributed by atoms with van der Waals surface area (Å²) >= 11 is 6.10. The Morgan fingerprint density at radius 2 is 1.76 bits per heavy atom. The van der Waals surface area contributed by atoms with E-state index >= 15 is 0 Å². The number of carbonyl (C=O) groups excluding carboxylic acids is 2. The number of hydrogen-bond donors (Lipinski definition) is 1. The van der Waals surface area contributed by atoms with Crippen molar-refractivity contribution in [1.29, 1.82) is 0 Å². The second-order valence-electron chi connectivity index (χ2n) is 7.47. The highest BCUT2D eigenvalue weighted by Gasteiger charge is 2.47. The first-order valence-electron chi connectivity index (χ1n) is 9.90.